The zero-order valence-electron chi connectivity index (χ0n) is 16.2. The second-order valence-corrected chi connectivity index (χ2v) is 6.84. The summed E-state index contributed by atoms with van der Waals surface area (Å²) in [5.74, 6) is -0.614. The number of rotatable bonds is 6. The van der Waals surface area contributed by atoms with Crippen LogP contribution in [-0.2, 0) is 9.53 Å². The van der Waals surface area contributed by atoms with Crippen molar-refractivity contribution in [2.75, 3.05) is 20.3 Å². The number of carbonyl (C=O) groups is 2. The van der Waals surface area contributed by atoms with Gasteiger partial charge in [-0.25, -0.2) is 4.99 Å². The zero-order chi connectivity index (χ0) is 21.5. The van der Waals surface area contributed by atoms with E-state index in [0.29, 0.717) is 41.3 Å². The molecule has 30 heavy (non-hydrogen) atoms. The lowest BCUT2D eigenvalue weighted by Crippen LogP contribution is -2.30. The van der Waals surface area contributed by atoms with Gasteiger partial charge in [0.1, 0.15) is 17.5 Å². The van der Waals surface area contributed by atoms with Crippen LogP contribution >= 0.6 is 11.6 Å². The second kappa shape index (κ2) is 9.83. The number of nitrogens with one attached hydrogen (secondary N) is 2. The molecule has 0 bridgehead atoms. The third kappa shape index (κ3) is 4.74. The van der Waals surface area contributed by atoms with Crippen molar-refractivity contribution in [3.8, 4) is 6.07 Å². The molecule has 0 spiro atoms. The van der Waals surface area contributed by atoms with Gasteiger partial charge in [0.2, 0.25) is 0 Å². The Bertz CT molecular complexity index is 1070. The van der Waals surface area contributed by atoms with E-state index in [1.165, 1.54) is 0 Å². The molecule has 3 rings (SSSR count). The Labute approximate surface area is 179 Å². The summed E-state index contributed by atoms with van der Waals surface area (Å²) in [6.45, 7) is 0.872. The molecule has 0 radical (unpaired) electrons. The van der Waals surface area contributed by atoms with Crippen LogP contribution < -0.4 is 10.6 Å². The van der Waals surface area contributed by atoms with Crippen LogP contribution in [0.5, 0.6) is 0 Å². The molecule has 0 unspecified atom stereocenters. The fourth-order valence-electron chi connectivity index (χ4n) is 2.91. The summed E-state index contributed by atoms with van der Waals surface area (Å²) in [7, 11) is 1.58. The van der Waals surface area contributed by atoms with Crippen molar-refractivity contribution in [2.24, 2.45) is 4.99 Å². The maximum absolute atomic E-state index is 12.6. The summed E-state index contributed by atoms with van der Waals surface area (Å²) >= 11 is 5.87. The standard InChI is InChI=1S/C22H19ClN4O3/c1-30-12-4-11-25-22(29)18(13-24)19-16-5-2-3-6-17(16)20(26-19)27-21(28)14-7-9-15(23)10-8-14/h2-3,5-10H,4,11-12H2,1H3,(H,25,29)(H,26,27,28). The largest absolute Gasteiger partial charge is 0.385 e. The van der Waals surface area contributed by atoms with Gasteiger partial charge >= 0.3 is 0 Å². The molecule has 1 aliphatic rings. The van der Waals surface area contributed by atoms with E-state index in [1.807, 2.05) is 6.07 Å². The van der Waals surface area contributed by atoms with E-state index in [9.17, 15) is 14.9 Å². The van der Waals surface area contributed by atoms with Crippen LogP contribution in [0.3, 0.4) is 0 Å². The van der Waals surface area contributed by atoms with Crippen LogP contribution in [0.2, 0.25) is 5.02 Å². The van der Waals surface area contributed by atoms with Crippen LogP contribution in [0, 0.1) is 11.3 Å². The number of nitriles is 1. The summed E-state index contributed by atoms with van der Waals surface area (Å²) in [5, 5.41) is 15.6. The third-order valence-corrected chi connectivity index (χ3v) is 4.64. The molecule has 7 nitrogen and oxygen atoms in total. The van der Waals surface area contributed by atoms with Crippen LogP contribution in [-0.4, -0.2) is 37.9 Å². The number of hydrogen-bond acceptors (Lipinski definition) is 5. The van der Waals surface area contributed by atoms with E-state index in [4.69, 9.17) is 16.3 Å². The van der Waals surface area contributed by atoms with Gasteiger partial charge in [0, 0.05) is 42.0 Å². The molecule has 0 saturated carbocycles. The first-order chi connectivity index (χ1) is 14.5. The number of fused-ring (bicyclic) bond motifs is 1. The number of methoxy groups -OCH3 is 1. The van der Waals surface area contributed by atoms with Crippen molar-refractivity contribution in [1.82, 2.24) is 10.6 Å². The summed E-state index contributed by atoms with van der Waals surface area (Å²) in [6.07, 6.45) is 0.624. The molecule has 1 aliphatic heterocycles. The highest BCUT2D eigenvalue weighted by Crippen LogP contribution is 2.30. The number of hydrogen-bond donors (Lipinski definition) is 2. The van der Waals surface area contributed by atoms with Gasteiger partial charge in [0.25, 0.3) is 11.8 Å². The average Bonchev–Trinajstić information content (AvgIpc) is 3.10. The lowest BCUT2D eigenvalue weighted by Gasteiger charge is -2.06. The molecule has 0 aromatic heterocycles. The molecule has 0 atom stereocenters. The molecular weight excluding hydrogens is 404 g/mol. The maximum Gasteiger partial charge on any atom is 0.264 e. The zero-order valence-corrected chi connectivity index (χ0v) is 17.0. The van der Waals surface area contributed by atoms with Crippen LogP contribution in [0.25, 0.3) is 5.70 Å². The normalized spacial score (nSPS) is 13.7. The number of amidine groups is 1. The van der Waals surface area contributed by atoms with E-state index in [0.717, 1.165) is 0 Å². The highest BCUT2D eigenvalue weighted by Gasteiger charge is 2.27. The quantitative estimate of drug-likeness (QED) is 0.424. The molecule has 0 fully saturated rings. The van der Waals surface area contributed by atoms with Crippen molar-refractivity contribution >= 4 is 34.9 Å². The lowest BCUT2D eigenvalue weighted by atomic mass is 10.0. The van der Waals surface area contributed by atoms with Gasteiger partial charge in [-0.2, -0.15) is 5.26 Å². The van der Waals surface area contributed by atoms with E-state index in [2.05, 4.69) is 15.6 Å². The van der Waals surface area contributed by atoms with Crippen molar-refractivity contribution in [3.05, 3.63) is 75.8 Å². The highest BCUT2D eigenvalue weighted by molar-refractivity contribution is 6.30. The predicted octanol–water partition coefficient (Wildman–Crippen LogP) is 2.92. The van der Waals surface area contributed by atoms with Crippen molar-refractivity contribution in [2.45, 2.75) is 6.42 Å². The molecule has 2 amide bonds. The Kier molecular flexibility index (Phi) is 6.96. The lowest BCUT2D eigenvalue weighted by molar-refractivity contribution is -0.117. The molecule has 2 N–H and O–H groups in total. The highest BCUT2D eigenvalue weighted by atomic mass is 35.5. The molecule has 1 heterocycles. The topological polar surface area (TPSA) is 104 Å². The van der Waals surface area contributed by atoms with E-state index >= 15 is 0 Å². The van der Waals surface area contributed by atoms with Crippen LogP contribution in [0.1, 0.15) is 27.9 Å². The van der Waals surface area contributed by atoms with Crippen molar-refractivity contribution in [3.63, 3.8) is 0 Å². The predicted molar refractivity (Wildman–Crippen MR) is 114 cm³/mol. The Balaban J connectivity index is 1.89. The average molecular weight is 423 g/mol. The number of benzene rings is 2. The summed E-state index contributed by atoms with van der Waals surface area (Å²) in [6, 6.07) is 15.5. The summed E-state index contributed by atoms with van der Waals surface area (Å²) in [4.78, 5) is 29.5. The van der Waals surface area contributed by atoms with Gasteiger partial charge in [-0.05, 0) is 30.7 Å². The van der Waals surface area contributed by atoms with Gasteiger partial charge in [0.05, 0.1) is 5.70 Å². The first-order valence-electron chi connectivity index (χ1n) is 9.22. The fourth-order valence-corrected chi connectivity index (χ4v) is 3.04. The Morgan fingerprint density at radius 1 is 1.13 bits per heavy atom. The maximum atomic E-state index is 12.6. The summed E-state index contributed by atoms with van der Waals surface area (Å²) < 4.78 is 4.95. The number of nitrogens with zero attached hydrogens (tertiary/aromatic N) is 2. The van der Waals surface area contributed by atoms with Gasteiger partial charge < -0.3 is 15.4 Å². The summed E-state index contributed by atoms with van der Waals surface area (Å²) in [5.41, 5.74) is 1.76. The van der Waals surface area contributed by atoms with E-state index in [1.54, 1.807) is 55.6 Å². The van der Waals surface area contributed by atoms with Gasteiger partial charge in [-0.15, -0.1) is 0 Å². The fraction of sp³-hybridized carbons (Fsp3) is 0.182. The van der Waals surface area contributed by atoms with Gasteiger partial charge in [-0.1, -0.05) is 35.9 Å². The smallest absolute Gasteiger partial charge is 0.264 e. The number of halogens is 1. The Morgan fingerprint density at radius 3 is 2.50 bits per heavy atom. The molecular formula is C22H19ClN4O3. The number of aliphatic imine (C=N–C) groups is 1. The molecule has 2 aromatic carbocycles. The number of ether oxygens (including phenoxy) is 1. The minimum atomic E-state index is -0.521. The molecule has 152 valence electrons. The first kappa shape index (κ1) is 21.2. The van der Waals surface area contributed by atoms with Crippen LogP contribution in [0.4, 0.5) is 0 Å². The van der Waals surface area contributed by atoms with Gasteiger partial charge in [0.15, 0.2) is 0 Å². The Morgan fingerprint density at radius 2 is 1.83 bits per heavy atom. The number of amides is 2. The molecule has 8 heteroatoms. The first-order valence-corrected chi connectivity index (χ1v) is 9.60. The monoisotopic (exact) mass is 422 g/mol. The van der Waals surface area contributed by atoms with Crippen molar-refractivity contribution < 1.29 is 14.3 Å². The van der Waals surface area contributed by atoms with E-state index in [-0.39, 0.29) is 23.0 Å². The second-order valence-electron chi connectivity index (χ2n) is 6.40. The minimum Gasteiger partial charge on any atom is -0.385 e. The number of carbonyl (C=O) groups excluding carboxylic acids is 2. The van der Waals surface area contributed by atoms with E-state index < -0.39 is 5.91 Å². The van der Waals surface area contributed by atoms with Crippen LogP contribution in [0.15, 0.2) is 59.1 Å². The van der Waals surface area contributed by atoms with Gasteiger partial charge in [-0.3, -0.25) is 9.59 Å². The third-order valence-electron chi connectivity index (χ3n) is 4.39. The van der Waals surface area contributed by atoms with Crippen molar-refractivity contribution in [1.29, 1.82) is 5.26 Å². The molecule has 2 aromatic rings. The minimum absolute atomic E-state index is 0.115. The molecule has 0 aliphatic carbocycles. The SMILES string of the molecule is COCCCNC(=O)C(C#N)=C1N=C(NC(=O)c2ccc(Cl)cc2)c2ccccc21. The Hall–Kier alpha value is -3.47. The molecule has 0 saturated heterocycles.